The number of nitrogens with zero attached hydrogens (tertiary/aromatic N) is 1. The van der Waals surface area contributed by atoms with Gasteiger partial charge in [-0.2, -0.15) is 4.98 Å². The van der Waals surface area contributed by atoms with Gasteiger partial charge >= 0.3 is 6.09 Å². The highest BCUT2D eigenvalue weighted by Crippen LogP contribution is 2.30. The van der Waals surface area contributed by atoms with Crippen LogP contribution < -0.4 is 21.1 Å². The molecule has 2 amide bonds. The summed E-state index contributed by atoms with van der Waals surface area (Å²) in [7, 11) is 1.42. The van der Waals surface area contributed by atoms with Crippen molar-refractivity contribution >= 4 is 29.4 Å². The van der Waals surface area contributed by atoms with Crippen molar-refractivity contribution in [1.29, 1.82) is 0 Å². The summed E-state index contributed by atoms with van der Waals surface area (Å²) < 4.78 is 10.4. The number of primary amides is 1. The number of hydrogen-bond donors (Lipinski definition) is 3. The zero-order valence-electron chi connectivity index (χ0n) is 16.1. The Morgan fingerprint density at radius 2 is 1.81 bits per heavy atom. The second-order valence-corrected chi connectivity index (χ2v) is 7.99. The molecule has 0 atom stereocenters. The molecule has 1 aromatic heterocycles. The number of nitrogens with one attached hydrogen (secondary N) is 2. The molecule has 0 aromatic carbocycles. The maximum Gasteiger partial charge on any atom is 0.407 e. The van der Waals surface area contributed by atoms with Crippen LogP contribution in [0.2, 0.25) is 5.02 Å². The maximum absolute atomic E-state index is 11.9. The average Bonchev–Trinajstić information content (AvgIpc) is 2.56. The Kier molecular flexibility index (Phi) is 6.75. The molecule has 150 valence electrons. The van der Waals surface area contributed by atoms with Crippen molar-refractivity contribution in [2.24, 2.45) is 5.73 Å². The fourth-order valence-corrected chi connectivity index (χ4v) is 3.16. The van der Waals surface area contributed by atoms with E-state index in [0.29, 0.717) is 10.8 Å². The number of ether oxygens (including phenoxy) is 2. The zero-order chi connectivity index (χ0) is 20.2. The second-order valence-electron chi connectivity index (χ2n) is 7.58. The van der Waals surface area contributed by atoms with Crippen molar-refractivity contribution in [3.63, 3.8) is 0 Å². The minimum absolute atomic E-state index is 0.0769. The Bertz CT molecular complexity index is 697. The van der Waals surface area contributed by atoms with Crippen LogP contribution in [0.15, 0.2) is 6.07 Å². The maximum atomic E-state index is 11.9. The van der Waals surface area contributed by atoms with Gasteiger partial charge in [0, 0.05) is 12.1 Å². The number of methoxy groups -OCH3 is 1. The summed E-state index contributed by atoms with van der Waals surface area (Å²) in [6.45, 7) is 5.51. The first kappa shape index (κ1) is 21.1. The predicted molar refractivity (Wildman–Crippen MR) is 103 cm³/mol. The molecule has 0 spiro atoms. The first-order valence-electron chi connectivity index (χ1n) is 8.89. The Hall–Kier alpha value is -2.22. The molecule has 1 heterocycles. The molecule has 8 nitrogen and oxygen atoms in total. The van der Waals surface area contributed by atoms with Gasteiger partial charge in [0.15, 0.2) is 0 Å². The molecule has 1 saturated carbocycles. The molecule has 1 fully saturated rings. The van der Waals surface area contributed by atoms with Crippen molar-refractivity contribution in [2.75, 3.05) is 12.4 Å². The molecule has 9 heteroatoms. The Balaban J connectivity index is 1.92. The molecular weight excluding hydrogens is 372 g/mol. The third-order valence-electron chi connectivity index (χ3n) is 4.19. The SMILES string of the molecule is COc1nc(NC2CCC(NC(=O)OC(C)(C)C)CC2)c(Cl)cc1C(N)=O. The van der Waals surface area contributed by atoms with Crippen LogP contribution in [0.25, 0.3) is 0 Å². The summed E-state index contributed by atoms with van der Waals surface area (Å²) in [6.07, 6.45) is 2.89. The number of hydrogen-bond acceptors (Lipinski definition) is 6. The number of aromatic nitrogens is 1. The van der Waals surface area contributed by atoms with E-state index in [4.69, 9.17) is 26.8 Å². The Labute approximate surface area is 164 Å². The van der Waals surface area contributed by atoms with Crippen LogP contribution in [0.1, 0.15) is 56.8 Å². The lowest BCUT2D eigenvalue weighted by molar-refractivity contribution is 0.0492. The fourth-order valence-electron chi connectivity index (χ4n) is 2.95. The van der Waals surface area contributed by atoms with Gasteiger partial charge in [-0.15, -0.1) is 0 Å². The van der Waals surface area contributed by atoms with Gasteiger partial charge in [0.2, 0.25) is 5.88 Å². The van der Waals surface area contributed by atoms with Crippen LogP contribution in [0.4, 0.5) is 10.6 Å². The first-order chi connectivity index (χ1) is 12.6. The van der Waals surface area contributed by atoms with Crippen LogP contribution in [0.5, 0.6) is 5.88 Å². The summed E-state index contributed by atoms with van der Waals surface area (Å²) in [5, 5.41) is 6.49. The molecule has 27 heavy (non-hydrogen) atoms. The van der Waals surface area contributed by atoms with Crippen LogP contribution in [-0.2, 0) is 4.74 Å². The second kappa shape index (κ2) is 8.65. The minimum atomic E-state index is -0.651. The van der Waals surface area contributed by atoms with Crippen molar-refractivity contribution in [2.45, 2.75) is 64.1 Å². The number of alkyl carbamates (subject to hydrolysis) is 1. The Morgan fingerprint density at radius 3 is 2.33 bits per heavy atom. The smallest absolute Gasteiger partial charge is 0.407 e. The van der Waals surface area contributed by atoms with E-state index >= 15 is 0 Å². The number of halogens is 1. The lowest BCUT2D eigenvalue weighted by atomic mass is 9.91. The molecule has 0 unspecified atom stereocenters. The lowest BCUT2D eigenvalue weighted by Gasteiger charge is -2.31. The van der Waals surface area contributed by atoms with Gasteiger partial charge in [-0.25, -0.2) is 4.79 Å². The highest BCUT2D eigenvalue weighted by atomic mass is 35.5. The number of carbonyl (C=O) groups is 2. The summed E-state index contributed by atoms with van der Waals surface area (Å²) in [5.41, 5.74) is 4.93. The van der Waals surface area contributed by atoms with E-state index in [0.717, 1.165) is 25.7 Å². The van der Waals surface area contributed by atoms with Gasteiger partial charge in [-0.05, 0) is 52.5 Å². The first-order valence-corrected chi connectivity index (χ1v) is 9.27. The van der Waals surface area contributed by atoms with E-state index in [-0.39, 0.29) is 23.5 Å². The molecule has 1 aromatic rings. The highest BCUT2D eigenvalue weighted by Gasteiger charge is 2.26. The normalized spacial score (nSPS) is 19.9. The van der Waals surface area contributed by atoms with Crippen LogP contribution in [-0.4, -0.2) is 41.8 Å². The Morgan fingerprint density at radius 1 is 1.22 bits per heavy atom. The molecule has 1 aliphatic rings. The van der Waals surface area contributed by atoms with Crippen molar-refractivity contribution in [1.82, 2.24) is 10.3 Å². The van der Waals surface area contributed by atoms with E-state index in [9.17, 15) is 9.59 Å². The van der Waals surface area contributed by atoms with E-state index in [1.54, 1.807) is 0 Å². The van der Waals surface area contributed by atoms with E-state index in [1.165, 1.54) is 13.2 Å². The van der Waals surface area contributed by atoms with Gasteiger partial charge in [-0.3, -0.25) is 4.79 Å². The van der Waals surface area contributed by atoms with Crippen molar-refractivity contribution in [3.05, 3.63) is 16.7 Å². The van der Waals surface area contributed by atoms with E-state index in [1.807, 2.05) is 20.8 Å². The van der Waals surface area contributed by atoms with Crippen molar-refractivity contribution in [3.8, 4) is 5.88 Å². The number of nitrogens with two attached hydrogens (primary N) is 1. The van der Waals surface area contributed by atoms with E-state index < -0.39 is 17.6 Å². The molecule has 0 aliphatic heterocycles. The van der Waals surface area contributed by atoms with Crippen LogP contribution >= 0.6 is 11.6 Å². The van der Waals surface area contributed by atoms with Crippen molar-refractivity contribution < 1.29 is 19.1 Å². The fraction of sp³-hybridized carbons (Fsp3) is 0.611. The quantitative estimate of drug-likeness (QED) is 0.701. The molecule has 0 saturated heterocycles. The zero-order valence-corrected chi connectivity index (χ0v) is 16.9. The number of anilines is 1. The predicted octanol–water partition coefficient (Wildman–Crippen LogP) is 3.09. The molecule has 1 aliphatic carbocycles. The standard InChI is InChI=1S/C18H27ClN4O4/c1-18(2,3)27-17(25)22-11-7-5-10(6-8-11)21-15-13(19)9-12(14(20)24)16(23-15)26-4/h9-11H,5-8H2,1-4H3,(H2,20,24)(H,21,23)(H,22,25). The third-order valence-corrected chi connectivity index (χ3v) is 4.48. The molecule has 4 N–H and O–H groups in total. The molecular formula is C18H27ClN4O4. The third kappa shape index (κ3) is 6.16. The summed E-state index contributed by atoms with van der Waals surface area (Å²) in [4.78, 5) is 27.6. The summed E-state index contributed by atoms with van der Waals surface area (Å²) >= 11 is 6.22. The molecule has 0 radical (unpaired) electrons. The number of rotatable bonds is 5. The van der Waals surface area contributed by atoms with Gasteiger partial charge in [0.05, 0.1) is 12.1 Å². The topological polar surface area (TPSA) is 116 Å². The highest BCUT2D eigenvalue weighted by molar-refractivity contribution is 6.33. The molecule has 2 rings (SSSR count). The number of pyridine rings is 1. The number of carbonyl (C=O) groups excluding carboxylic acids is 2. The van der Waals surface area contributed by atoms with Crippen LogP contribution in [0, 0.1) is 0 Å². The minimum Gasteiger partial charge on any atom is -0.480 e. The van der Waals surface area contributed by atoms with Gasteiger partial charge in [-0.1, -0.05) is 11.6 Å². The van der Waals surface area contributed by atoms with Gasteiger partial charge < -0.3 is 25.8 Å². The summed E-state index contributed by atoms with van der Waals surface area (Å²) in [5.74, 6) is -0.0710. The van der Waals surface area contributed by atoms with Gasteiger partial charge in [0.25, 0.3) is 5.91 Å². The molecule has 0 bridgehead atoms. The van der Waals surface area contributed by atoms with E-state index in [2.05, 4.69) is 15.6 Å². The largest absolute Gasteiger partial charge is 0.480 e. The van der Waals surface area contributed by atoms with Gasteiger partial charge in [0.1, 0.15) is 17.0 Å². The number of amides is 2. The summed E-state index contributed by atoms with van der Waals surface area (Å²) in [6, 6.07) is 1.68. The average molecular weight is 399 g/mol. The lowest BCUT2D eigenvalue weighted by Crippen LogP contribution is -2.42. The van der Waals surface area contributed by atoms with Crippen LogP contribution in [0.3, 0.4) is 0 Å². The monoisotopic (exact) mass is 398 g/mol.